The van der Waals surface area contributed by atoms with Crippen LogP contribution in [-0.2, 0) is 0 Å². The third-order valence-corrected chi connectivity index (χ3v) is 4.22. The molecule has 3 heterocycles. The maximum Gasteiger partial charge on any atom is 0.270 e. The van der Waals surface area contributed by atoms with Gasteiger partial charge in [-0.05, 0) is 45.0 Å². The molecule has 1 aliphatic rings. The SMILES string of the molecule is Cc1ccc(-c2nc(C(=O)NC3CCNCC3)cs2)o1. The molecule has 2 N–H and O–H groups in total. The number of carbonyl (C=O) groups excluding carboxylic acids is 1. The Morgan fingerprint density at radius 1 is 1.45 bits per heavy atom. The van der Waals surface area contributed by atoms with E-state index in [1.54, 1.807) is 5.38 Å². The number of amides is 1. The zero-order chi connectivity index (χ0) is 13.9. The lowest BCUT2D eigenvalue weighted by atomic mass is 10.1. The van der Waals surface area contributed by atoms with Crippen LogP contribution < -0.4 is 10.6 Å². The normalized spacial score (nSPS) is 16.2. The van der Waals surface area contributed by atoms with Crippen LogP contribution >= 0.6 is 11.3 Å². The van der Waals surface area contributed by atoms with Crippen molar-refractivity contribution in [2.75, 3.05) is 13.1 Å². The first-order chi connectivity index (χ1) is 9.72. The Kier molecular flexibility index (Phi) is 3.84. The van der Waals surface area contributed by atoms with Crippen LogP contribution in [0.15, 0.2) is 21.9 Å². The molecule has 1 aliphatic heterocycles. The predicted molar refractivity (Wildman–Crippen MR) is 77.9 cm³/mol. The lowest BCUT2D eigenvalue weighted by Gasteiger charge is -2.23. The molecule has 6 heteroatoms. The van der Waals surface area contributed by atoms with Crippen molar-refractivity contribution in [2.45, 2.75) is 25.8 Å². The summed E-state index contributed by atoms with van der Waals surface area (Å²) in [6.07, 6.45) is 1.94. The summed E-state index contributed by atoms with van der Waals surface area (Å²) < 4.78 is 5.52. The summed E-state index contributed by atoms with van der Waals surface area (Å²) in [4.78, 5) is 16.5. The van der Waals surface area contributed by atoms with Crippen LogP contribution in [0.2, 0.25) is 0 Å². The number of nitrogens with one attached hydrogen (secondary N) is 2. The number of hydrogen-bond donors (Lipinski definition) is 2. The van der Waals surface area contributed by atoms with Crippen molar-refractivity contribution in [3.8, 4) is 10.8 Å². The van der Waals surface area contributed by atoms with Gasteiger partial charge in [-0.3, -0.25) is 4.79 Å². The van der Waals surface area contributed by atoms with Gasteiger partial charge in [-0.2, -0.15) is 0 Å². The van der Waals surface area contributed by atoms with Gasteiger partial charge >= 0.3 is 0 Å². The second kappa shape index (κ2) is 5.76. The average molecular weight is 291 g/mol. The lowest BCUT2D eigenvalue weighted by Crippen LogP contribution is -2.42. The van der Waals surface area contributed by atoms with Crippen molar-refractivity contribution in [1.29, 1.82) is 0 Å². The van der Waals surface area contributed by atoms with Gasteiger partial charge in [-0.15, -0.1) is 11.3 Å². The largest absolute Gasteiger partial charge is 0.459 e. The molecule has 1 saturated heterocycles. The fourth-order valence-corrected chi connectivity index (χ4v) is 3.03. The fraction of sp³-hybridized carbons (Fsp3) is 0.429. The van der Waals surface area contributed by atoms with Gasteiger partial charge < -0.3 is 15.1 Å². The van der Waals surface area contributed by atoms with E-state index in [1.807, 2.05) is 19.1 Å². The van der Waals surface area contributed by atoms with E-state index < -0.39 is 0 Å². The first-order valence-corrected chi connectivity index (χ1v) is 7.64. The molecule has 0 bridgehead atoms. The van der Waals surface area contributed by atoms with Gasteiger partial charge in [0.25, 0.3) is 5.91 Å². The summed E-state index contributed by atoms with van der Waals surface area (Å²) in [5.41, 5.74) is 0.470. The van der Waals surface area contributed by atoms with Crippen molar-refractivity contribution < 1.29 is 9.21 Å². The van der Waals surface area contributed by atoms with Crippen LogP contribution in [0.4, 0.5) is 0 Å². The van der Waals surface area contributed by atoms with Gasteiger partial charge in [0.1, 0.15) is 11.5 Å². The molecule has 0 atom stereocenters. The number of aromatic nitrogens is 1. The van der Waals surface area contributed by atoms with Crippen LogP contribution in [0, 0.1) is 6.92 Å². The molecule has 0 unspecified atom stereocenters. The van der Waals surface area contributed by atoms with Crippen LogP contribution in [0.5, 0.6) is 0 Å². The van der Waals surface area contributed by atoms with Gasteiger partial charge in [-0.25, -0.2) is 4.98 Å². The summed E-state index contributed by atoms with van der Waals surface area (Å²) >= 11 is 1.43. The summed E-state index contributed by atoms with van der Waals surface area (Å²) in [6, 6.07) is 4.02. The maximum absolute atomic E-state index is 12.1. The minimum Gasteiger partial charge on any atom is -0.459 e. The minimum absolute atomic E-state index is 0.0947. The Balaban J connectivity index is 1.68. The molecule has 0 spiro atoms. The van der Waals surface area contributed by atoms with E-state index in [1.165, 1.54) is 11.3 Å². The van der Waals surface area contributed by atoms with Crippen molar-refractivity contribution >= 4 is 17.2 Å². The van der Waals surface area contributed by atoms with E-state index >= 15 is 0 Å². The molecule has 0 aromatic carbocycles. The number of rotatable bonds is 3. The zero-order valence-electron chi connectivity index (χ0n) is 11.3. The van der Waals surface area contributed by atoms with E-state index in [0.29, 0.717) is 11.5 Å². The maximum atomic E-state index is 12.1. The molecule has 0 saturated carbocycles. The van der Waals surface area contributed by atoms with Crippen LogP contribution in [-0.4, -0.2) is 30.0 Å². The Labute approximate surface area is 121 Å². The van der Waals surface area contributed by atoms with Crippen LogP contribution in [0.3, 0.4) is 0 Å². The Morgan fingerprint density at radius 3 is 2.95 bits per heavy atom. The highest BCUT2D eigenvalue weighted by molar-refractivity contribution is 7.13. The molecule has 106 valence electrons. The molecule has 1 amide bonds. The van der Waals surface area contributed by atoms with Crippen LogP contribution in [0.1, 0.15) is 29.1 Å². The number of aryl methyl sites for hydroxylation is 1. The number of thiazole rings is 1. The molecular formula is C14H17N3O2S. The van der Waals surface area contributed by atoms with Gasteiger partial charge in [0.2, 0.25) is 0 Å². The molecule has 2 aromatic rings. The summed E-state index contributed by atoms with van der Waals surface area (Å²) in [7, 11) is 0. The highest BCUT2D eigenvalue weighted by Crippen LogP contribution is 2.25. The number of hydrogen-bond acceptors (Lipinski definition) is 5. The first-order valence-electron chi connectivity index (χ1n) is 6.76. The summed E-state index contributed by atoms with van der Waals surface area (Å²) in [5, 5.41) is 8.84. The van der Waals surface area contributed by atoms with Crippen molar-refractivity contribution in [3.63, 3.8) is 0 Å². The molecular weight excluding hydrogens is 274 g/mol. The highest BCUT2D eigenvalue weighted by atomic mass is 32.1. The third kappa shape index (κ3) is 2.91. The molecule has 2 aromatic heterocycles. The monoisotopic (exact) mass is 291 g/mol. The van der Waals surface area contributed by atoms with Crippen molar-refractivity contribution in [3.05, 3.63) is 29.0 Å². The highest BCUT2D eigenvalue weighted by Gasteiger charge is 2.19. The Hall–Kier alpha value is -1.66. The number of carbonyl (C=O) groups is 1. The predicted octanol–water partition coefficient (Wildman–Crippen LogP) is 2.19. The molecule has 20 heavy (non-hydrogen) atoms. The zero-order valence-corrected chi connectivity index (χ0v) is 12.1. The van der Waals surface area contributed by atoms with Gasteiger partial charge in [0.05, 0.1) is 0 Å². The lowest BCUT2D eigenvalue weighted by molar-refractivity contribution is 0.0925. The van der Waals surface area contributed by atoms with Gasteiger partial charge in [0, 0.05) is 11.4 Å². The fourth-order valence-electron chi connectivity index (χ4n) is 2.27. The van der Waals surface area contributed by atoms with E-state index in [0.717, 1.165) is 36.7 Å². The molecule has 0 aliphatic carbocycles. The van der Waals surface area contributed by atoms with E-state index in [-0.39, 0.29) is 11.9 Å². The first kappa shape index (κ1) is 13.3. The van der Waals surface area contributed by atoms with E-state index in [4.69, 9.17) is 4.42 Å². The Bertz CT molecular complexity index is 599. The summed E-state index contributed by atoms with van der Waals surface area (Å²) in [6.45, 7) is 3.81. The molecule has 5 nitrogen and oxygen atoms in total. The number of piperidine rings is 1. The average Bonchev–Trinajstić information content (AvgIpc) is 3.08. The van der Waals surface area contributed by atoms with E-state index in [2.05, 4.69) is 15.6 Å². The minimum atomic E-state index is -0.0947. The number of nitrogens with zero attached hydrogens (tertiary/aromatic N) is 1. The molecule has 3 rings (SSSR count). The van der Waals surface area contributed by atoms with Crippen molar-refractivity contribution in [2.24, 2.45) is 0 Å². The quantitative estimate of drug-likeness (QED) is 0.909. The topological polar surface area (TPSA) is 67.2 Å². The van der Waals surface area contributed by atoms with Gasteiger partial charge in [0.15, 0.2) is 10.8 Å². The second-order valence-corrected chi connectivity index (χ2v) is 5.80. The molecule has 0 radical (unpaired) electrons. The smallest absolute Gasteiger partial charge is 0.270 e. The van der Waals surface area contributed by atoms with E-state index in [9.17, 15) is 4.79 Å². The van der Waals surface area contributed by atoms with Crippen molar-refractivity contribution in [1.82, 2.24) is 15.6 Å². The summed E-state index contributed by atoms with van der Waals surface area (Å²) in [5.74, 6) is 1.46. The third-order valence-electron chi connectivity index (χ3n) is 3.36. The second-order valence-electron chi connectivity index (χ2n) is 4.95. The molecule has 1 fully saturated rings. The Morgan fingerprint density at radius 2 is 2.25 bits per heavy atom. The standard InChI is InChI=1S/C14H17N3O2S/c1-9-2-3-12(19-9)14-17-11(8-20-14)13(18)16-10-4-6-15-7-5-10/h2-3,8,10,15H,4-7H2,1H3,(H,16,18). The number of furan rings is 1. The van der Waals surface area contributed by atoms with Crippen LogP contribution in [0.25, 0.3) is 10.8 Å². The van der Waals surface area contributed by atoms with Gasteiger partial charge in [-0.1, -0.05) is 0 Å².